The number of carbonyl (C=O) groups is 1. The maximum atomic E-state index is 13.6. The minimum atomic E-state index is -0.613. The van der Waals surface area contributed by atoms with E-state index in [-0.39, 0.29) is 17.2 Å². The number of aliphatic hydroxyl groups excluding tert-OH is 1. The Morgan fingerprint density at radius 1 is 1.00 bits per heavy atom. The highest BCUT2D eigenvalue weighted by Gasteiger charge is 2.25. The van der Waals surface area contributed by atoms with Crippen LogP contribution in [0.3, 0.4) is 0 Å². The molecule has 3 aromatic carbocycles. The summed E-state index contributed by atoms with van der Waals surface area (Å²) in [5, 5.41) is 13.4. The van der Waals surface area contributed by atoms with E-state index in [1.807, 2.05) is 60.7 Å². The van der Waals surface area contributed by atoms with Gasteiger partial charge in [0.25, 0.3) is 0 Å². The van der Waals surface area contributed by atoms with E-state index in [4.69, 9.17) is 9.47 Å². The lowest BCUT2D eigenvalue weighted by Crippen LogP contribution is -2.21. The fraction of sp³-hybridized carbons (Fsp3) is 0.441. The maximum absolute atomic E-state index is 13.6. The third-order valence-electron chi connectivity index (χ3n) is 7.09. The van der Waals surface area contributed by atoms with Crippen molar-refractivity contribution in [3.05, 3.63) is 89.0 Å². The van der Waals surface area contributed by atoms with Crippen LogP contribution in [0.25, 0.3) is 0 Å². The van der Waals surface area contributed by atoms with Crippen molar-refractivity contribution in [3.8, 4) is 11.5 Å². The summed E-state index contributed by atoms with van der Waals surface area (Å²) < 4.78 is 12.0. The second kappa shape index (κ2) is 14.2. The summed E-state index contributed by atoms with van der Waals surface area (Å²) in [6, 6.07) is 21.8. The summed E-state index contributed by atoms with van der Waals surface area (Å²) in [5.74, 6) is 1.28. The normalized spacial score (nSPS) is 13.0. The van der Waals surface area contributed by atoms with Gasteiger partial charge in [-0.15, -0.1) is 0 Å². The first kappa shape index (κ1) is 30.2. The zero-order valence-corrected chi connectivity index (χ0v) is 24.4. The first-order valence-corrected chi connectivity index (χ1v) is 14.1. The van der Waals surface area contributed by atoms with E-state index in [1.54, 1.807) is 14.0 Å². The van der Waals surface area contributed by atoms with Crippen molar-refractivity contribution in [3.63, 3.8) is 0 Å². The number of nitrogens with one attached hydrogen (secondary N) is 1. The molecule has 0 bridgehead atoms. The van der Waals surface area contributed by atoms with Crippen LogP contribution in [0.15, 0.2) is 66.7 Å². The molecule has 0 saturated heterocycles. The van der Waals surface area contributed by atoms with Gasteiger partial charge in [0.1, 0.15) is 6.61 Å². The van der Waals surface area contributed by atoms with Crippen LogP contribution in [0.5, 0.6) is 11.5 Å². The van der Waals surface area contributed by atoms with Gasteiger partial charge in [0.2, 0.25) is 5.91 Å². The molecule has 39 heavy (non-hydrogen) atoms. The zero-order chi connectivity index (χ0) is 28.4. The minimum absolute atomic E-state index is 0.0320. The molecule has 0 aliphatic heterocycles. The number of para-hydroxylation sites is 1. The van der Waals surface area contributed by atoms with E-state index in [9.17, 15) is 9.90 Å². The Morgan fingerprint density at radius 3 is 2.38 bits per heavy atom. The van der Waals surface area contributed by atoms with E-state index in [0.717, 1.165) is 53.6 Å². The van der Waals surface area contributed by atoms with Gasteiger partial charge in [0.05, 0.1) is 13.2 Å². The third kappa shape index (κ3) is 8.59. The second-order valence-electron chi connectivity index (χ2n) is 11.3. The van der Waals surface area contributed by atoms with Crippen molar-refractivity contribution < 1.29 is 19.4 Å². The van der Waals surface area contributed by atoms with Gasteiger partial charge in [-0.05, 0) is 53.5 Å². The van der Waals surface area contributed by atoms with Gasteiger partial charge < -0.3 is 19.9 Å². The Morgan fingerprint density at radius 2 is 1.74 bits per heavy atom. The second-order valence-corrected chi connectivity index (χ2v) is 11.3. The number of amides is 1. The number of aliphatic hydroxyl groups is 1. The number of methoxy groups -OCH3 is 1. The summed E-state index contributed by atoms with van der Waals surface area (Å²) in [7, 11) is 1.65. The van der Waals surface area contributed by atoms with Gasteiger partial charge in [-0.2, -0.15) is 0 Å². The summed E-state index contributed by atoms with van der Waals surface area (Å²) in [6.45, 7) is 10.7. The van der Waals surface area contributed by atoms with Crippen LogP contribution in [0.2, 0.25) is 0 Å². The summed E-state index contributed by atoms with van der Waals surface area (Å²) >= 11 is 0. The molecule has 5 nitrogen and oxygen atoms in total. The Labute approximate surface area is 234 Å². The molecule has 0 radical (unpaired) electrons. The number of carbonyl (C=O) groups excluding carboxylic acids is 1. The minimum Gasteiger partial charge on any atom is -0.493 e. The molecule has 5 heteroatoms. The van der Waals surface area contributed by atoms with Gasteiger partial charge >= 0.3 is 0 Å². The quantitative estimate of drug-likeness (QED) is 0.218. The topological polar surface area (TPSA) is 67.8 Å². The van der Waals surface area contributed by atoms with Gasteiger partial charge in [-0.3, -0.25) is 4.79 Å². The van der Waals surface area contributed by atoms with Crippen LogP contribution in [0.4, 0.5) is 5.69 Å². The number of ether oxygens (including phenoxy) is 2. The number of unbranched alkanes of at least 4 members (excludes halogenated alkanes) is 2. The molecule has 210 valence electrons. The molecule has 0 saturated carbocycles. The Bertz CT molecular complexity index is 1200. The highest BCUT2D eigenvalue weighted by atomic mass is 16.5. The lowest BCUT2D eigenvalue weighted by molar-refractivity contribution is -0.116. The Balaban J connectivity index is 1.91. The number of rotatable bonds is 13. The average molecular weight is 532 g/mol. The average Bonchev–Trinajstić information content (AvgIpc) is 2.91. The molecule has 3 rings (SSSR count). The fourth-order valence-electron chi connectivity index (χ4n) is 4.91. The number of hydrogen-bond acceptors (Lipinski definition) is 4. The van der Waals surface area contributed by atoms with E-state index in [0.29, 0.717) is 24.5 Å². The number of benzene rings is 3. The Hall–Kier alpha value is -3.31. The highest BCUT2D eigenvalue weighted by Crippen LogP contribution is 2.40. The van der Waals surface area contributed by atoms with E-state index >= 15 is 0 Å². The van der Waals surface area contributed by atoms with E-state index in [2.05, 4.69) is 39.1 Å². The van der Waals surface area contributed by atoms with E-state index < -0.39 is 6.10 Å². The molecule has 0 aliphatic rings. The number of anilines is 1. The van der Waals surface area contributed by atoms with Gasteiger partial charge in [-0.1, -0.05) is 102 Å². The van der Waals surface area contributed by atoms with Crippen LogP contribution >= 0.6 is 0 Å². The summed E-state index contributed by atoms with van der Waals surface area (Å²) in [4.78, 5) is 13.6. The van der Waals surface area contributed by atoms with Crippen LogP contribution < -0.4 is 14.8 Å². The summed E-state index contributed by atoms with van der Waals surface area (Å²) in [6.07, 6.45) is 3.81. The van der Waals surface area contributed by atoms with Crippen LogP contribution in [-0.2, 0) is 16.8 Å². The molecule has 0 aromatic heterocycles. The predicted molar refractivity (Wildman–Crippen MR) is 160 cm³/mol. The van der Waals surface area contributed by atoms with Crippen LogP contribution in [0, 0.1) is 0 Å². The first-order valence-electron chi connectivity index (χ1n) is 14.1. The highest BCUT2D eigenvalue weighted by molar-refractivity contribution is 5.92. The van der Waals surface area contributed by atoms with Crippen molar-refractivity contribution in [1.29, 1.82) is 0 Å². The molecule has 0 aliphatic carbocycles. The van der Waals surface area contributed by atoms with Crippen molar-refractivity contribution in [2.75, 3.05) is 12.4 Å². The lowest BCUT2D eigenvalue weighted by Gasteiger charge is -2.25. The molecule has 3 aromatic rings. The molecule has 2 atom stereocenters. The number of hydrogen-bond donors (Lipinski definition) is 2. The third-order valence-corrected chi connectivity index (χ3v) is 7.09. The summed E-state index contributed by atoms with van der Waals surface area (Å²) in [5.41, 5.74) is 4.47. The molecular weight excluding hydrogens is 486 g/mol. The van der Waals surface area contributed by atoms with Crippen LogP contribution in [-0.4, -0.2) is 18.1 Å². The molecule has 2 N–H and O–H groups in total. The van der Waals surface area contributed by atoms with Crippen molar-refractivity contribution in [2.45, 2.75) is 90.8 Å². The smallest absolute Gasteiger partial charge is 0.224 e. The van der Waals surface area contributed by atoms with Gasteiger partial charge in [0, 0.05) is 17.7 Å². The lowest BCUT2D eigenvalue weighted by atomic mass is 9.84. The largest absolute Gasteiger partial charge is 0.493 e. The Kier molecular flexibility index (Phi) is 11.0. The van der Waals surface area contributed by atoms with Gasteiger partial charge in [-0.25, -0.2) is 0 Å². The van der Waals surface area contributed by atoms with Gasteiger partial charge in [0.15, 0.2) is 11.5 Å². The molecule has 0 spiro atoms. The molecule has 0 heterocycles. The molecule has 0 fully saturated rings. The standard InChI is InChI=1S/C34H45NO4/c1-7-8-10-16-27(22-32(37)35-30-21-26(24(2)36)19-20-29(30)34(3,4)5)28-17-13-18-31(38-6)33(28)39-23-25-14-11-9-12-15-25/h9,11-15,17-21,24,27,36H,7-8,10,16,22-23H2,1-6H3,(H,35,37). The first-order chi connectivity index (χ1) is 18.6. The maximum Gasteiger partial charge on any atom is 0.224 e. The molecular formula is C34H45NO4. The van der Waals surface area contributed by atoms with Crippen molar-refractivity contribution in [1.82, 2.24) is 0 Å². The van der Waals surface area contributed by atoms with Crippen molar-refractivity contribution >= 4 is 11.6 Å². The SMILES string of the molecule is CCCCCC(CC(=O)Nc1cc(C(C)O)ccc1C(C)(C)C)c1cccc(OC)c1OCc1ccccc1. The monoisotopic (exact) mass is 531 g/mol. The molecule has 1 amide bonds. The predicted octanol–water partition coefficient (Wildman–Crippen LogP) is 8.32. The van der Waals surface area contributed by atoms with Crippen LogP contribution in [0.1, 0.15) is 101 Å². The molecule has 2 unspecified atom stereocenters. The van der Waals surface area contributed by atoms with E-state index in [1.165, 1.54) is 0 Å². The fourth-order valence-corrected chi connectivity index (χ4v) is 4.91. The zero-order valence-electron chi connectivity index (χ0n) is 24.4. The van der Waals surface area contributed by atoms with Crippen molar-refractivity contribution in [2.24, 2.45) is 0 Å².